The topological polar surface area (TPSA) is 257 Å². The molecule has 0 heterocycles. The Kier molecular flexibility index (Phi) is 42.8. The van der Waals surface area contributed by atoms with E-state index in [2.05, 4.69) is 42.5 Å². The molecule has 18 nitrogen and oxygen atoms in total. The average molecular weight is 967 g/mol. The molecule has 0 spiro atoms. The number of carbonyl (C=O) groups is 7. The zero-order valence-corrected chi connectivity index (χ0v) is 39.4. The molecule has 0 fully saturated rings. The Morgan fingerprint density at radius 3 is 1.29 bits per heavy atom. The predicted octanol–water partition coefficient (Wildman–Crippen LogP) is 4.54. The maximum atomic E-state index is 12.1. The van der Waals surface area contributed by atoms with Crippen LogP contribution in [0, 0.1) is 0 Å². The van der Waals surface area contributed by atoms with E-state index in [1.807, 2.05) is 0 Å². The molecule has 0 radical (unpaired) electrons. The third-order valence-electron chi connectivity index (χ3n) is 9.79. The van der Waals surface area contributed by atoms with Gasteiger partial charge in [-0.2, -0.15) is 0 Å². The molecule has 0 bridgehead atoms. The van der Waals surface area contributed by atoms with Crippen LogP contribution in [0.5, 0.6) is 0 Å². The van der Waals surface area contributed by atoms with Crippen LogP contribution in [-0.4, -0.2) is 142 Å². The van der Waals surface area contributed by atoms with Crippen molar-refractivity contribution in [1.82, 2.24) is 26.6 Å². The zero-order valence-electron chi connectivity index (χ0n) is 37.8. The fraction of sp³-hybridized carbons (Fsp3) is 0.841. The molecule has 0 aromatic heterocycles. The van der Waals surface area contributed by atoms with Crippen LogP contribution in [0.25, 0.3) is 0 Å². The Hall–Kier alpha value is -3.39. The van der Waals surface area contributed by atoms with Crippen molar-refractivity contribution in [2.75, 3.05) is 84.4 Å². The second-order valence-electron chi connectivity index (χ2n) is 15.5. The molecular formula is C44H80BrN5O13. The molecule has 7 N–H and O–H groups in total. The molecule has 1 atom stereocenters. The maximum Gasteiger partial charge on any atom is 0.326 e. The Balaban J connectivity index is 3.49. The van der Waals surface area contributed by atoms with Crippen LogP contribution in [0.2, 0.25) is 0 Å². The minimum atomic E-state index is -1.15. The van der Waals surface area contributed by atoms with Crippen molar-refractivity contribution in [1.29, 1.82) is 0 Å². The number of halogens is 1. The molecule has 63 heavy (non-hydrogen) atoms. The van der Waals surface area contributed by atoms with Crippen LogP contribution in [0.3, 0.4) is 0 Å². The second kappa shape index (κ2) is 45.2. The van der Waals surface area contributed by atoms with E-state index in [-0.39, 0.29) is 88.2 Å². The number of ether oxygens (including phenoxy) is 4. The number of carbonyl (C=O) groups excluding carboxylic acids is 5. The number of carboxylic acid groups (broad SMARTS) is 2. The Morgan fingerprint density at radius 1 is 0.397 bits per heavy atom. The summed E-state index contributed by atoms with van der Waals surface area (Å²) in [5.74, 6) is -2.95. The lowest BCUT2D eigenvalue weighted by molar-refractivity contribution is -0.143. The summed E-state index contributed by atoms with van der Waals surface area (Å²) in [7, 11) is 0. The van der Waals surface area contributed by atoms with Crippen molar-refractivity contribution in [3.8, 4) is 0 Å². The van der Waals surface area contributed by atoms with Crippen molar-refractivity contribution in [3.63, 3.8) is 0 Å². The summed E-state index contributed by atoms with van der Waals surface area (Å²) in [5.41, 5.74) is 0. The third-order valence-corrected chi connectivity index (χ3v) is 10.3. The molecular weight excluding hydrogens is 886 g/mol. The van der Waals surface area contributed by atoms with Crippen LogP contribution in [0.15, 0.2) is 0 Å². The van der Waals surface area contributed by atoms with E-state index in [1.165, 1.54) is 64.2 Å². The van der Waals surface area contributed by atoms with E-state index in [0.717, 1.165) is 38.5 Å². The van der Waals surface area contributed by atoms with Gasteiger partial charge in [0.05, 0.1) is 45.0 Å². The van der Waals surface area contributed by atoms with Gasteiger partial charge in [-0.1, -0.05) is 106 Å². The second-order valence-corrected chi connectivity index (χ2v) is 16.0. The van der Waals surface area contributed by atoms with Gasteiger partial charge in [0.25, 0.3) is 0 Å². The van der Waals surface area contributed by atoms with Gasteiger partial charge in [0.2, 0.25) is 29.5 Å². The highest BCUT2D eigenvalue weighted by Gasteiger charge is 2.19. The Morgan fingerprint density at radius 2 is 0.794 bits per heavy atom. The van der Waals surface area contributed by atoms with Gasteiger partial charge in [0, 0.05) is 45.4 Å². The molecule has 0 unspecified atom stereocenters. The van der Waals surface area contributed by atoms with Crippen molar-refractivity contribution < 1.29 is 62.7 Å². The standard InChI is InChI=1S/C44H80BrN5O13/c45-34-40(53)47-24-18-17-20-37(44(58)59)50-42(55)36-63-33-31-61-29-27-49-41(54)35-62-32-30-60-28-26-48-39(52)22-19-25-46-38(51)21-15-13-11-9-7-5-3-1-2-4-6-8-10-12-14-16-23-43(56)57/h37H,1-36H2,(H,46,51)(H,47,53)(H,48,52)(H,49,54)(H,50,55)(H,56,57)(H,58,59)/t37-/m0/s1. The summed E-state index contributed by atoms with van der Waals surface area (Å²) in [6.07, 6.45) is 21.8. The quantitative estimate of drug-likeness (QED) is 0.0327. The molecule has 0 aliphatic heterocycles. The fourth-order valence-corrected chi connectivity index (χ4v) is 6.48. The van der Waals surface area contributed by atoms with E-state index in [0.29, 0.717) is 64.8 Å². The number of unbranched alkanes of at least 4 members (excludes halogenated alkanes) is 16. The molecule has 0 saturated heterocycles. The van der Waals surface area contributed by atoms with Crippen molar-refractivity contribution >= 4 is 57.4 Å². The maximum absolute atomic E-state index is 12.1. The first-order valence-electron chi connectivity index (χ1n) is 23.2. The van der Waals surface area contributed by atoms with E-state index >= 15 is 0 Å². The monoisotopic (exact) mass is 965 g/mol. The number of rotatable bonds is 47. The Bertz CT molecular complexity index is 1220. The summed E-state index contributed by atoms with van der Waals surface area (Å²) in [4.78, 5) is 81.2. The summed E-state index contributed by atoms with van der Waals surface area (Å²) in [6, 6.07) is -1.05. The smallest absolute Gasteiger partial charge is 0.326 e. The third kappa shape index (κ3) is 45.0. The van der Waals surface area contributed by atoms with Gasteiger partial charge < -0.3 is 55.7 Å². The molecule has 0 rings (SSSR count). The normalized spacial score (nSPS) is 11.4. The van der Waals surface area contributed by atoms with Gasteiger partial charge >= 0.3 is 11.9 Å². The van der Waals surface area contributed by atoms with Crippen molar-refractivity contribution in [2.45, 2.75) is 154 Å². The van der Waals surface area contributed by atoms with E-state index < -0.39 is 23.9 Å². The lowest BCUT2D eigenvalue weighted by Gasteiger charge is -2.14. The predicted molar refractivity (Wildman–Crippen MR) is 243 cm³/mol. The van der Waals surface area contributed by atoms with Crippen molar-refractivity contribution in [2.24, 2.45) is 0 Å². The van der Waals surface area contributed by atoms with Crippen LogP contribution < -0.4 is 26.6 Å². The lowest BCUT2D eigenvalue weighted by Crippen LogP contribution is -2.42. The summed E-state index contributed by atoms with van der Waals surface area (Å²) in [6.45, 7) is 2.27. The summed E-state index contributed by atoms with van der Waals surface area (Å²) < 4.78 is 21.3. The molecule has 0 aromatic rings. The highest BCUT2D eigenvalue weighted by molar-refractivity contribution is 9.09. The first-order chi connectivity index (χ1) is 30.5. The zero-order chi connectivity index (χ0) is 46.4. The van der Waals surface area contributed by atoms with Crippen LogP contribution in [-0.2, 0) is 52.5 Å². The lowest BCUT2D eigenvalue weighted by atomic mass is 10.0. The molecule has 0 saturated carbocycles. The van der Waals surface area contributed by atoms with Crippen LogP contribution in [0.4, 0.5) is 0 Å². The van der Waals surface area contributed by atoms with Gasteiger partial charge in [-0.25, -0.2) is 4.79 Å². The van der Waals surface area contributed by atoms with Crippen molar-refractivity contribution in [3.05, 3.63) is 0 Å². The molecule has 0 aromatic carbocycles. The highest BCUT2D eigenvalue weighted by Crippen LogP contribution is 2.14. The van der Waals surface area contributed by atoms with Gasteiger partial charge in [0.1, 0.15) is 19.3 Å². The highest BCUT2D eigenvalue weighted by atomic mass is 79.9. The first-order valence-corrected chi connectivity index (χ1v) is 24.3. The number of alkyl halides is 1. The average Bonchev–Trinajstić information content (AvgIpc) is 3.25. The fourth-order valence-electron chi connectivity index (χ4n) is 6.28. The number of amides is 5. The van der Waals surface area contributed by atoms with Gasteiger partial charge in [-0.3, -0.25) is 28.8 Å². The number of nitrogens with one attached hydrogen (secondary N) is 5. The number of aliphatic carboxylic acids is 2. The molecule has 0 aliphatic rings. The van der Waals surface area contributed by atoms with Gasteiger partial charge in [0.15, 0.2) is 0 Å². The molecule has 5 amide bonds. The largest absolute Gasteiger partial charge is 0.481 e. The minimum absolute atomic E-state index is 0.0325. The van der Waals surface area contributed by atoms with E-state index in [1.54, 1.807) is 0 Å². The van der Waals surface area contributed by atoms with Crippen LogP contribution >= 0.6 is 15.9 Å². The summed E-state index contributed by atoms with van der Waals surface area (Å²) in [5, 5.41) is 31.6. The molecule has 366 valence electrons. The first kappa shape index (κ1) is 59.6. The van der Waals surface area contributed by atoms with Gasteiger partial charge in [-0.15, -0.1) is 0 Å². The SMILES string of the molecule is O=C(O)CCCCCCCCCCCCCCCCCCC(=O)NCCCC(=O)NCCOCCOCC(=O)NCCOCCOCC(=O)N[C@@H](CCCCNC(=O)CBr)C(=O)O. The Labute approximate surface area is 383 Å². The van der Waals surface area contributed by atoms with E-state index in [9.17, 15) is 38.7 Å². The molecule has 19 heteroatoms. The van der Waals surface area contributed by atoms with Crippen LogP contribution in [0.1, 0.15) is 148 Å². The summed E-state index contributed by atoms with van der Waals surface area (Å²) >= 11 is 3.04. The minimum Gasteiger partial charge on any atom is -0.481 e. The number of hydrogen-bond acceptors (Lipinski definition) is 11. The number of carboxylic acids is 2. The van der Waals surface area contributed by atoms with Gasteiger partial charge in [-0.05, 0) is 38.5 Å². The van der Waals surface area contributed by atoms with E-state index in [4.69, 9.17) is 24.1 Å². The molecule has 0 aliphatic carbocycles. The number of hydrogen-bond donors (Lipinski definition) is 7.